The molecule has 0 saturated carbocycles. The number of amides is 2. The van der Waals surface area contributed by atoms with Gasteiger partial charge in [0, 0.05) is 39.0 Å². The molecule has 1 saturated heterocycles. The maximum atomic E-state index is 12.2. The van der Waals surface area contributed by atoms with E-state index in [9.17, 15) is 9.59 Å². The van der Waals surface area contributed by atoms with Crippen molar-refractivity contribution in [3.8, 4) is 5.75 Å². The number of carbonyl (C=O) groups excluding carboxylic acids is 2. The highest BCUT2D eigenvalue weighted by Gasteiger charge is 2.23. The lowest BCUT2D eigenvalue weighted by molar-refractivity contribution is -0.140. The molecule has 0 aliphatic carbocycles. The summed E-state index contributed by atoms with van der Waals surface area (Å²) >= 11 is 0. The van der Waals surface area contributed by atoms with Crippen LogP contribution in [0.2, 0.25) is 0 Å². The van der Waals surface area contributed by atoms with Crippen LogP contribution in [0.5, 0.6) is 5.75 Å². The predicted octanol–water partition coefficient (Wildman–Crippen LogP) is 2.56. The number of benzene rings is 1. The third-order valence-electron chi connectivity index (χ3n) is 4.11. The summed E-state index contributed by atoms with van der Waals surface area (Å²) in [6, 6.07) is 9.63. The number of rotatable bonds is 7. The first kappa shape index (κ1) is 18.3. The molecule has 5 heteroatoms. The van der Waals surface area contributed by atoms with Gasteiger partial charge in [0.1, 0.15) is 5.75 Å². The molecule has 0 bridgehead atoms. The van der Waals surface area contributed by atoms with Crippen LogP contribution in [0.3, 0.4) is 0 Å². The molecule has 0 atom stereocenters. The number of hydrogen-bond donors (Lipinski definition) is 0. The van der Waals surface area contributed by atoms with Crippen LogP contribution in [0, 0.1) is 5.92 Å². The highest BCUT2D eigenvalue weighted by molar-refractivity contribution is 5.78. The van der Waals surface area contributed by atoms with Gasteiger partial charge in [-0.2, -0.15) is 0 Å². The Labute approximate surface area is 144 Å². The van der Waals surface area contributed by atoms with Gasteiger partial charge in [-0.1, -0.05) is 32.0 Å². The molecular formula is C19H28N2O3. The third-order valence-corrected chi connectivity index (χ3v) is 4.11. The summed E-state index contributed by atoms with van der Waals surface area (Å²) in [5.41, 5.74) is 0. The monoisotopic (exact) mass is 332 g/mol. The van der Waals surface area contributed by atoms with Crippen molar-refractivity contribution in [3.63, 3.8) is 0 Å². The maximum absolute atomic E-state index is 12.2. The first-order valence-electron chi connectivity index (χ1n) is 8.79. The van der Waals surface area contributed by atoms with Gasteiger partial charge in [-0.05, 0) is 24.5 Å². The molecule has 0 unspecified atom stereocenters. The molecule has 1 aromatic rings. The fourth-order valence-electron chi connectivity index (χ4n) is 2.77. The second-order valence-electron chi connectivity index (χ2n) is 6.62. The molecule has 1 aliphatic heterocycles. The summed E-state index contributed by atoms with van der Waals surface area (Å²) in [6.07, 6.45) is 1.79. The van der Waals surface area contributed by atoms with Crippen molar-refractivity contribution < 1.29 is 14.3 Å². The molecule has 1 aliphatic rings. The zero-order valence-corrected chi connectivity index (χ0v) is 14.7. The second-order valence-corrected chi connectivity index (χ2v) is 6.62. The normalized spacial score (nSPS) is 14.8. The Balaban J connectivity index is 1.63. The van der Waals surface area contributed by atoms with Crippen molar-refractivity contribution in [2.45, 2.75) is 33.1 Å². The third kappa shape index (κ3) is 5.87. The van der Waals surface area contributed by atoms with Crippen LogP contribution >= 0.6 is 0 Å². The first-order chi connectivity index (χ1) is 11.6. The van der Waals surface area contributed by atoms with E-state index in [-0.39, 0.29) is 11.8 Å². The minimum atomic E-state index is 0.155. The number of carbonyl (C=O) groups is 2. The van der Waals surface area contributed by atoms with Gasteiger partial charge in [-0.15, -0.1) is 0 Å². The Bertz CT molecular complexity index is 523. The first-order valence-corrected chi connectivity index (χ1v) is 8.79. The molecule has 1 fully saturated rings. The summed E-state index contributed by atoms with van der Waals surface area (Å²) in [5.74, 6) is 1.57. The molecule has 5 nitrogen and oxygen atoms in total. The molecule has 0 aromatic heterocycles. The molecule has 24 heavy (non-hydrogen) atoms. The van der Waals surface area contributed by atoms with Gasteiger partial charge < -0.3 is 14.5 Å². The smallest absolute Gasteiger partial charge is 0.222 e. The van der Waals surface area contributed by atoms with Crippen LogP contribution in [0.1, 0.15) is 33.1 Å². The molecule has 2 amide bonds. The molecule has 1 aromatic carbocycles. The van der Waals surface area contributed by atoms with Gasteiger partial charge in [0.2, 0.25) is 11.8 Å². The van der Waals surface area contributed by atoms with Gasteiger partial charge >= 0.3 is 0 Å². The van der Waals surface area contributed by atoms with E-state index in [4.69, 9.17) is 4.74 Å². The van der Waals surface area contributed by atoms with Crippen LogP contribution in [-0.2, 0) is 9.59 Å². The molecule has 0 N–H and O–H groups in total. The Morgan fingerprint density at radius 2 is 1.58 bits per heavy atom. The van der Waals surface area contributed by atoms with E-state index in [2.05, 4.69) is 13.8 Å². The van der Waals surface area contributed by atoms with E-state index in [0.29, 0.717) is 58.0 Å². The van der Waals surface area contributed by atoms with E-state index < -0.39 is 0 Å². The maximum Gasteiger partial charge on any atom is 0.222 e. The second kappa shape index (κ2) is 9.30. The minimum Gasteiger partial charge on any atom is -0.494 e. The van der Waals surface area contributed by atoms with Gasteiger partial charge in [0.15, 0.2) is 0 Å². The van der Waals surface area contributed by atoms with Crippen molar-refractivity contribution in [3.05, 3.63) is 30.3 Å². The van der Waals surface area contributed by atoms with E-state index in [1.807, 2.05) is 40.1 Å². The average Bonchev–Trinajstić information content (AvgIpc) is 2.59. The standard InChI is InChI=1S/C19H28N2O3/c1-16(2)15-19(23)21-12-10-20(11-13-21)18(22)9-6-14-24-17-7-4-3-5-8-17/h3-5,7-8,16H,6,9-15H2,1-2H3. The summed E-state index contributed by atoms with van der Waals surface area (Å²) in [6.45, 7) is 7.23. The SMILES string of the molecule is CC(C)CC(=O)N1CCN(C(=O)CCCOc2ccccc2)CC1. The summed E-state index contributed by atoms with van der Waals surface area (Å²) < 4.78 is 5.61. The summed E-state index contributed by atoms with van der Waals surface area (Å²) in [5, 5.41) is 0. The minimum absolute atomic E-state index is 0.155. The predicted molar refractivity (Wildman–Crippen MR) is 93.8 cm³/mol. The van der Waals surface area contributed by atoms with Gasteiger partial charge in [0.05, 0.1) is 6.61 Å². The molecule has 1 heterocycles. The highest BCUT2D eigenvalue weighted by Crippen LogP contribution is 2.11. The van der Waals surface area contributed by atoms with E-state index >= 15 is 0 Å². The molecule has 0 spiro atoms. The zero-order chi connectivity index (χ0) is 17.4. The van der Waals surface area contributed by atoms with Gasteiger partial charge in [0.25, 0.3) is 0 Å². The van der Waals surface area contributed by atoms with Crippen LogP contribution in [0.4, 0.5) is 0 Å². The Morgan fingerprint density at radius 3 is 2.17 bits per heavy atom. The van der Waals surface area contributed by atoms with Gasteiger partial charge in [-0.25, -0.2) is 0 Å². The van der Waals surface area contributed by atoms with Crippen molar-refractivity contribution in [1.82, 2.24) is 9.80 Å². The van der Waals surface area contributed by atoms with Crippen LogP contribution in [0.15, 0.2) is 30.3 Å². The van der Waals surface area contributed by atoms with E-state index in [1.165, 1.54) is 0 Å². The fourth-order valence-corrected chi connectivity index (χ4v) is 2.77. The zero-order valence-electron chi connectivity index (χ0n) is 14.7. The summed E-state index contributed by atoms with van der Waals surface area (Å²) in [4.78, 5) is 28.0. The topological polar surface area (TPSA) is 49.9 Å². The largest absolute Gasteiger partial charge is 0.494 e. The lowest BCUT2D eigenvalue weighted by Crippen LogP contribution is -2.50. The lowest BCUT2D eigenvalue weighted by Gasteiger charge is -2.35. The molecule has 132 valence electrons. The van der Waals surface area contributed by atoms with Crippen molar-refractivity contribution in [2.24, 2.45) is 5.92 Å². The lowest BCUT2D eigenvalue weighted by atomic mass is 10.1. The molecule has 2 rings (SSSR count). The number of piperazine rings is 1. The van der Waals surface area contributed by atoms with Crippen LogP contribution in [0.25, 0.3) is 0 Å². The Morgan fingerprint density at radius 1 is 1.00 bits per heavy atom. The van der Waals surface area contributed by atoms with Crippen molar-refractivity contribution in [2.75, 3.05) is 32.8 Å². The highest BCUT2D eigenvalue weighted by atomic mass is 16.5. The van der Waals surface area contributed by atoms with Crippen molar-refractivity contribution in [1.29, 1.82) is 0 Å². The fraction of sp³-hybridized carbons (Fsp3) is 0.579. The van der Waals surface area contributed by atoms with Crippen LogP contribution in [-0.4, -0.2) is 54.4 Å². The molecule has 0 radical (unpaired) electrons. The van der Waals surface area contributed by atoms with E-state index in [0.717, 1.165) is 5.75 Å². The number of ether oxygens (including phenoxy) is 1. The average molecular weight is 332 g/mol. The molecular weight excluding hydrogens is 304 g/mol. The number of para-hydroxylation sites is 1. The summed E-state index contributed by atoms with van der Waals surface area (Å²) in [7, 11) is 0. The van der Waals surface area contributed by atoms with Crippen molar-refractivity contribution >= 4 is 11.8 Å². The number of nitrogens with zero attached hydrogens (tertiary/aromatic N) is 2. The Hall–Kier alpha value is -2.04. The van der Waals surface area contributed by atoms with Gasteiger partial charge in [-0.3, -0.25) is 9.59 Å². The quantitative estimate of drug-likeness (QED) is 0.721. The number of hydrogen-bond acceptors (Lipinski definition) is 3. The van der Waals surface area contributed by atoms with E-state index in [1.54, 1.807) is 0 Å². The Kier molecular flexibility index (Phi) is 7.09. The van der Waals surface area contributed by atoms with Crippen LogP contribution < -0.4 is 4.74 Å².